The number of aromatic nitrogens is 1. The van der Waals surface area contributed by atoms with E-state index in [2.05, 4.69) is 24.1 Å². The number of nitrogens with one attached hydrogen (secondary N) is 1. The molecule has 3 aromatic rings. The van der Waals surface area contributed by atoms with Crippen LogP contribution in [0.2, 0.25) is 5.02 Å². The number of pyridine rings is 1. The summed E-state index contributed by atoms with van der Waals surface area (Å²) in [6.45, 7) is 5.01. The molecule has 0 radical (unpaired) electrons. The van der Waals surface area contributed by atoms with Gasteiger partial charge in [-0.2, -0.15) is 0 Å². The topological polar surface area (TPSA) is 38.1 Å². The first-order chi connectivity index (χ1) is 10.2. The molecule has 0 aliphatic rings. The maximum atomic E-state index is 6.04. The molecule has 0 aliphatic heterocycles. The fourth-order valence-electron chi connectivity index (χ4n) is 2.52. The van der Waals surface area contributed by atoms with Crippen molar-refractivity contribution in [2.24, 2.45) is 0 Å². The van der Waals surface area contributed by atoms with Crippen LogP contribution in [0.15, 0.2) is 47.1 Å². The van der Waals surface area contributed by atoms with Crippen LogP contribution in [0.3, 0.4) is 0 Å². The number of fused-ring (bicyclic) bond motifs is 1. The monoisotopic (exact) mass is 300 g/mol. The van der Waals surface area contributed by atoms with E-state index in [1.54, 1.807) is 6.20 Å². The van der Waals surface area contributed by atoms with E-state index in [1.807, 2.05) is 36.5 Å². The van der Waals surface area contributed by atoms with Gasteiger partial charge in [0.2, 0.25) is 0 Å². The smallest absolute Gasteiger partial charge is 0.134 e. The van der Waals surface area contributed by atoms with Gasteiger partial charge in [-0.25, -0.2) is 0 Å². The lowest BCUT2D eigenvalue weighted by Crippen LogP contribution is -2.22. The van der Waals surface area contributed by atoms with E-state index >= 15 is 0 Å². The second-order valence-electron chi connectivity index (χ2n) is 5.05. The summed E-state index contributed by atoms with van der Waals surface area (Å²) < 4.78 is 6.00. The van der Waals surface area contributed by atoms with Crippen molar-refractivity contribution in [1.82, 2.24) is 10.3 Å². The SMILES string of the molecule is CCNC(c1cc2cc(Cl)ccc2o1)c1cnccc1C. The Labute approximate surface area is 128 Å². The molecule has 1 N–H and O–H groups in total. The maximum Gasteiger partial charge on any atom is 0.134 e. The average Bonchev–Trinajstić information content (AvgIpc) is 2.88. The largest absolute Gasteiger partial charge is 0.459 e. The van der Waals surface area contributed by atoms with Gasteiger partial charge in [0.1, 0.15) is 11.3 Å². The third kappa shape index (κ3) is 2.80. The van der Waals surface area contributed by atoms with Gasteiger partial charge < -0.3 is 9.73 Å². The van der Waals surface area contributed by atoms with Crippen LogP contribution in [0.4, 0.5) is 0 Å². The molecule has 3 nitrogen and oxygen atoms in total. The fourth-order valence-corrected chi connectivity index (χ4v) is 2.70. The van der Waals surface area contributed by atoms with Crippen LogP contribution in [0.25, 0.3) is 11.0 Å². The first-order valence-electron chi connectivity index (χ1n) is 7.02. The van der Waals surface area contributed by atoms with Crippen molar-refractivity contribution < 1.29 is 4.42 Å². The summed E-state index contributed by atoms with van der Waals surface area (Å²) in [6.07, 6.45) is 3.70. The number of halogens is 1. The standard InChI is InChI=1S/C17H17ClN2O/c1-3-20-17(14-10-19-7-6-11(14)2)16-9-12-8-13(18)4-5-15(12)21-16/h4-10,17,20H,3H2,1-2H3. The molecule has 0 amide bonds. The zero-order chi connectivity index (χ0) is 14.8. The van der Waals surface area contributed by atoms with Gasteiger partial charge in [0.15, 0.2) is 0 Å². The zero-order valence-corrected chi connectivity index (χ0v) is 12.8. The Balaban J connectivity index is 2.09. The highest BCUT2D eigenvalue weighted by Crippen LogP contribution is 2.30. The van der Waals surface area contributed by atoms with Crippen molar-refractivity contribution in [1.29, 1.82) is 0 Å². The van der Waals surface area contributed by atoms with Gasteiger partial charge in [-0.1, -0.05) is 18.5 Å². The lowest BCUT2D eigenvalue weighted by Gasteiger charge is -2.17. The van der Waals surface area contributed by atoms with E-state index < -0.39 is 0 Å². The van der Waals surface area contributed by atoms with Crippen LogP contribution in [0.5, 0.6) is 0 Å². The molecule has 2 aromatic heterocycles. The van der Waals surface area contributed by atoms with Crippen LogP contribution in [0, 0.1) is 6.92 Å². The highest BCUT2D eigenvalue weighted by atomic mass is 35.5. The molecule has 3 rings (SSSR count). The molecule has 1 aromatic carbocycles. The lowest BCUT2D eigenvalue weighted by atomic mass is 10.0. The molecule has 2 heterocycles. The summed E-state index contributed by atoms with van der Waals surface area (Å²) in [5.74, 6) is 0.880. The molecule has 0 saturated carbocycles. The minimum atomic E-state index is -0.00474. The number of furan rings is 1. The summed E-state index contributed by atoms with van der Waals surface area (Å²) in [5, 5.41) is 5.20. The Morgan fingerprint density at radius 3 is 2.90 bits per heavy atom. The summed E-state index contributed by atoms with van der Waals surface area (Å²) >= 11 is 6.04. The quantitative estimate of drug-likeness (QED) is 0.771. The Morgan fingerprint density at radius 2 is 2.14 bits per heavy atom. The molecule has 1 unspecified atom stereocenters. The first kappa shape index (κ1) is 14.1. The molecule has 1 atom stereocenters. The summed E-state index contributed by atoms with van der Waals surface area (Å²) in [6, 6.07) is 9.72. The van der Waals surface area contributed by atoms with E-state index in [0.29, 0.717) is 5.02 Å². The zero-order valence-electron chi connectivity index (χ0n) is 12.1. The van der Waals surface area contributed by atoms with Gasteiger partial charge in [-0.15, -0.1) is 0 Å². The van der Waals surface area contributed by atoms with Gasteiger partial charge in [-0.3, -0.25) is 4.98 Å². The normalized spacial score (nSPS) is 12.7. The maximum absolute atomic E-state index is 6.04. The predicted molar refractivity (Wildman–Crippen MR) is 85.7 cm³/mol. The number of hydrogen-bond donors (Lipinski definition) is 1. The van der Waals surface area contributed by atoms with E-state index in [4.69, 9.17) is 16.0 Å². The molecule has 0 fully saturated rings. The van der Waals surface area contributed by atoms with Gasteiger partial charge in [0.05, 0.1) is 6.04 Å². The van der Waals surface area contributed by atoms with Crippen LogP contribution in [-0.2, 0) is 0 Å². The molecule has 4 heteroatoms. The second-order valence-corrected chi connectivity index (χ2v) is 5.49. The Kier molecular flexibility index (Phi) is 3.95. The van der Waals surface area contributed by atoms with Gasteiger partial charge >= 0.3 is 0 Å². The van der Waals surface area contributed by atoms with Crippen molar-refractivity contribution in [3.63, 3.8) is 0 Å². The minimum absolute atomic E-state index is 0.00474. The second kappa shape index (κ2) is 5.88. The van der Waals surface area contributed by atoms with Crippen LogP contribution in [-0.4, -0.2) is 11.5 Å². The molecule has 0 bridgehead atoms. The van der Waals surface area contributed by atoms with Crippen LogP contribution in [0.1, 0.15) is 29.9 Å². The van der Waals surface area contributed by atoms with Crippen molar-refractivity contribution in [2.45, 2.75) is 19.9 Å². The number of aryl methyl sites for hydroxylation is 1. The van der Waals surface area contributed by atoms with Crippen molar-refractivity contribution in [3.05, 3.63) is 64.6 Å². The molecule has 21 heavy (non-hydrogen) atoms. The third-order valence-electron chi connectivity index (χ3n) is 3.58. The van der Waals surface area contributed by atoms with Crippen LogP contribution >= 0.6 is 11.6 Å². The van der Waals surface area contributed by atoms with E-state index in [0.717, 1.165) is 28.8 Å². The summed E-state index contributed by atoms with van der Waals surface area (Å²) in [5.41, 5.74) is 3.16. The molecule has 0 spiro atoms. The number of hydrogen-bond acceptors (Lipinski definition) is 3. The third-order valence-corrected chi connectivity index (χ3v) is 3.82. The molecular formula is C17H17ClN2O. The minimum Gasteiger partial charge on any atom is -0.459 e. The first-order valence-corrected chi connectivity index (χ1v) is 7.39. The lowest BCUT2D eigenvalue weighted by molar-refractivity contribution is 0.475. The van der Waals surface area contributed by atoms with Gasteiger partial charge in [0.25, 0.3) is 0 Å². The molecule has 0 aliphatic carbocycles. The molecule has 108 valence electrons. The van der Waals surface area contributed by atoms with Crippen molar-refractivity contribution >= 4 is 22.6 Å². The van der Waals surface area contributed by atoms with E-state index in [-0.39, 0.29) is 6.04 Å². The van der Waals surface area contributed by atoms with Crippen LogP contribution < -0.4 is 5.32 Å². The summed E-state index contributed by atoms with van der Waals surface area (Å²) in [4.78, 5) is 4.24. The Bertz CT molecular complexity index is 766. The number of rotatable bonds is 4. The summed E-state index contributed by atoms with van der Waals surface area (Å²) in [7, 11) is 0. The Hall–Kier alpha value is -1.84. The highest BCUT2D eigenvalue weighted by molar-refractivity contribution is 6.31. The average molecular weight is 301 g/mol. The predicted octanol–water partition coefficient (Wildman–Crippen LogP) is 4.49. The molecule has 0 saturated heterocycles. The number of benzene rings is 1. The van der Waals surface area contributed by atoms with Gasteiger partial charge in [0, 0.05) is 22.8 Å². The van der Waals surface area contributed by atoms with Gasteiger partial charge in [-0.05, 0) is 54.9 Å². The van der Waals surface area contributed by atoms with E-state index in [1.165, 1.54) is 5.56 Å². The van der Waals surface area contributed by atoms with E-state index in [9.17, 15) is 0 Å². The van der Waals surface area contributed by atoms with Crippen molar-refractivity contribution in [3.8, 4) is 0 Å². The highest BCUT2D eigenvalue weighted by Gasteiger charge is 2.19. The molecular weight excluding hydrogens is 284 g/mol. The fraction of sp³-hybridized carbons (Fsp3) is 0.235. The van der Waals surface area contributed by atoms with Crippen molar-refractivity contribution in [2.75, 3.05) is 6.54 Å². The Morgan fingerprint density at radius 1 is 1.29 bits per heavy atom. The number of nitrogens with zero attached hydrogens (tertiary/aromatic N) is 1.